The third kappa shape index (κ3) is 6.28. The zero-order valence-electron chi connectivity index (χ0n) is 16.8. The maximum atomic E-state index is 12.8. The van der Waals surface area contributed by atoms with Crippen molar-refractivity contribution in [3.63, 3.8) is 0 Å². The number of hydrogen-bond donors (Lipinski definition) is 2. The third-order valence-corrected chi connectivity index (χ3v) is 5.53. The van der Waals surface area contributed by atoms with Crippen molar-refractivity contribution >= 4 is 34.3 Å². The number of benzene rings is 1. The van der Waals surface area contributed by atoms with Crippen LogP contribution in [0.15, 0.2) is 35.8 Å². The average molecular weight is 432 g/mol. The molecule has 0 spiro atoms. The van der Waals surface area contributed by atoms with Gasteiger partial charge in [-0.15, -0.1) is 11.3 Å². The number of rotatable bonds is 9. The van der Waals surface area contributed by atoms with Crippen molar-refractivity contribution in [2.45, 2.75) is 50.7 Å². The number of methoxy groups -OCH3 is 1. The van der Waals surface area contributed by atoms with E-state index >= 15 is 0 Å². The molecular weight excluding hydrogens is 406 g/mol. The van der Waals surface area contributed by atoms with Crippen LogP contribution in [0.3, 0.4) is 0 Å². The number of thiazole rings is 1. The van der Waals surface area contributed by atoms with Crippen LogP contribution in [0.25, 0.3) is 0 Å². The van der Waals surface area contributed by atoms with Crippen LogP contribution in [0.2, 0.25) is 0 Å². The highest BCUT2D eigenvalue weighted by Crippen LogP contribution is 2.24. The summed E-state index contributed by atoms with van der Waals surface area (Å²) in [6.45, 7) is 0. The van der Waals surface area contributed by atoms with E-state index in [4.69, 9.17) is 9.47 Å². The largest absolute Gasteiger partial charge is 0.497 e. The summed E-state index contributed by atoms with van der Waals surface area (Å²) < 4.78 is 10.6. The molecule has 1 saturated carbocycles. The van der Waals surface area contributed by atoms with Gasteiger partial charge in [-0.05, 0) is 25.0 Å². The SMILES string of the molecule is COc1ccc(C(OC(=O)CCC(=O)Nc2nccs2)C(=O)NC2CCCC2)cc1. The predicted octanol–water partition coefficient (Wildman–Crippen LogP) is 3.21. The molecule has 3 rings (SSSR count). The Labute approximate surface area is 179 Å². The lowest BCUT2D eigenvalue weighted by Gasteiger charge is -2.21. The van der Waals surface area contributed by atoms with Gasteiger partial charge in [-0.2, -0.15) is 0 Å². The number of nitrogens with one attached hydrogen (secondary N) is 2. The van der Waals surface area contributed by atoms with Crippen LogP contribution in [0, 0.1) is 0 Å². The van der Waals surface area contributed by atoms with E-state index in [9.17, 15) is 14.4 Å². The number of carbonyl (C=O) groups is 3. The van der Waals surface area contributed by atoms with Gasteiger partial charge in [0.2, 0.25) is 12.0 Å². The van der Waals surface area contributed by atoms with Crippen molar-refractivity contribution in [2.24, 2.45) is 0 Å². The first kappa shape index (κ1) is 21.8. The van der Waals surface area contributed by atoms with Crippen LogP contribution in [0.5, 0.6) is 5.75 Å². The van der Waals surface area contributed by atoms with E-state index in [0.29, 0.717) is 16.4 Å². The fourth-order valence-electron chi connectivity index (χ4n) is 3.27. The quantitative estimate of drug-likeness (QED) is 0.591. The molecule has 8 nitrogen and oxygen atoms in total. The van der Waals surface area contributed by atoms with Crippen LogP contribution in [-0.2, 0) is 19.1 Å². The van der Waals surface area contributed by atoms with E-state index in [2.05, 4.69) is 15.6 Å². The van der Waals surface area contributed by atoms with Crippen molar-refractivity contribution in [2.75, 3.05) is 12.4 Å². The van der Waals surface area contributed by atoms with Gasteiger partial charge in [0.05, 0.1) is 13.5 Å². The highest BCUT2D eigenvalue weighted by atomic mass is 32.1. The molecule has 1 heterocycles. The Kier molecular flexibility index (Phi) is 7.78. The summed E-state index contributed by atoms with van der Waals surface area (Å²) in [5, 5.41) is 7.80. The molecule has 9 heteroatoms. The van der Waals surface area contributed by atoms with Crippen LogP contribution in [0.4, 0.5) is 5.13 Å². The first-order valence-corrected chi connectivity index (χ1v) is 10.8. The molecule has 1 atom stereocenters. The van der Waals surface area contributed by atoms with Crippen molar-refractivity contribution in [3.8, 4) is 5.75 Å². The highest BCUT2D eigenvalue weighted by molar-refractivity contribution is 7.13. The molecule has 1 aromatic carbocycles. The molecule has 160 valence electrons. The van der Waals surface area contributed by atoms with Gasteiger partial charge in [0.1, 0.15) is 5.75 Å². The summed E-state index contributed by atoms with van der Waals surface area (Å²) in [5.41, 5.74) is 0.548. The zero-order valence-corrected chi connectivity index (χ0v) is 17.6. The molecule has 0 bridgehead atoms. The Bertz CT molecular complexity index is 848. The zero-order chi connectivity index (χ0) is 21.3. The Morgan fingerprint density at radius 3 is 2.53 bits per heavy atom. The highest BCUT2D eigenvalue weighted by Gasteiger charge is 2.28. The van der Waals surface area contributed by atoms with Crippen molar-refractivity contribution < 1.29 is 23.9 Å². The lowest BCUT2D eigenvalue weighted by molar-refractivity contribution is -0.157. The smallest absolute Gasteiger partial charge is 0.307 e. The van der Waals surface area contributed by atoms with E-state index in [1.165, 1.54) is 11.3 Å². The lowest BCUT2D eigenvalue weighted by atomic mass is 10.1. The number of anilines is 1. The predicted molar refractivity (Wildman–Crippen MR) is 112 cm³/mol. The minimum absolute atomic E-state index is 0.0575. The van der Waals surface area contributed by atoms with Crippen LogP contribution >= 0.6 is 11.3 Å². The summed E-state index contributed by atoms with van der Waals surface area (Å²) in [6.07, 6.45) is 4.30. The molecule has 2 aromatic rings. The molecule has 1 unspecified atom stereocenters. The maximum Gasteiger partial charge on any atom is 0.307 e. The number of ether oxygens (including phenoxy) is 2. The summed E-state index contributed by atoms with van der Waals surface area (Å²) in [6, 6.07) is 6.91. The minimum atomic E-state index is -1.08. The summed E-state index contributed by atoms with van der Waals surface area (Å²) in [5.74, 6) is -0.670. The Balaban J connectivity index is 1.60. The Morgan fingerprint density at radius 1 is 1.17 bits per heavy atom. The number of nitrogens with zero attached hydrogens (tertiary/aromatic N) is 1. The average Bonchev–Trinajstić information content (AvgIpc) is 3.45. The molecule has 1 fully saturated rings. The number of hydrogen-bond acceptors (Lipinski definition) is 7. The molecule has 0 radical (unpaired) electrons. The van der Waals surface area contributed by atoms with Gasteiger partial charge in [0.25, 0.3) is 5.91 Å². The molecule has 1 aliphatic carbocycles. The minimum Gasteiger partial charge on any atom is -0.497 e. The lowest BCUT2D eigenvalue weighted by Crippen LogP contribution is -2.38. The second-order valence-electron chi connectivity index (χ2n) is 7.02. The van der Waals surface area contributed by atoms with Crippen molar-refractivity contribution in [1.82, 2.24) is 10.3 Å². The first-order chi connectivity index (χ1) is 14.5. The maximum absolute atomic E-state index is 12.8. The second-order valence-corrected chi connectivity index (χ2v) is 7.91. The molecule has 2 N–H and O–H groups in total. The summed E-state index contributed by atoms with van der Waals surface area (Å²) >= 11 is 1.29. The molecule has 0 saturated heterocycles. The van der Waals surface area contributed by atoms with E-state index < -0.39 is 12.1 Å². The third-order valence-electron chi connectivity index (χ3n) is 4.84. The van der Waals surface area contributed by atoms with Gasteiger partial charge >= 0.3 is 5.97 Å². The normalized spacial score (nSPS) is 14.7. The van der Waals surface area contributed by atoms with Gasteiger partial charge in [-0.1, -0.05) is 25.0 Å². The molecular formula is C21H25N3O5S. The van der Waals surface area contributed by atoms with Crippen LogP contribution in [0.1, 0.15) is 50.2 Å². The van der Waals surface area contributed by atoms with E-state index in [1.807, 2.05) is 0 Å². The summed E-state index contributed by atoms with van der Waals surface area (Å²) in [7, 11) is 1.55. The fourth-order valence-corrected chi connectivity index (χ4v) is 3.82. The van der Waals surface area contributed by atoms with Crippen LogP contribution < -0.4 is 15.4 Å². The standard InChI is InChI=1S/C21H25N3O5S/c1-28-16-8-6-14(7-9-16)19(20(27)23-15-4-2-3-5-15)29-18(26)11-10-17(25)24-21-22-12-13-30-21/h6-9,12-13,15,19H,2-5,10-11H2,1H3,(H,23,27)(H,22,24,25). The molecule has 0 aliphatic heterocycles. The van der Waals surface area contributed by atoms with E-state index in [-0.39, 0.29) is 30.7 Å². The molecule has 30 heavy (non-hydrogen) atoms. The summed E-state index contributed by atoms with van der Waals surface area (Å²) in [4.78, 5) is 41.1. The second kappa shape index (κ2) is 10.7. The number of esters is 1. The van der Waals surface area contributed by atoms with E-state index in [1.54, 1.807) is 43.0 Å². The van der Waals surface area contributed by atoms with Gasteiger partial charge in [-0.25, -0.2) is 4.98 Å². The Morgan fingerprint density at radius 2 is 1.90 bits per heavy atom. The number of amides is 2. The Hall–Kier alpha value is -2.94. The van der Waals surface area contributed by atoms with Crippen molar-refractivity contribution in [3.05, 3.63) is 41.4 Å². The van der Waals surface area contributed by atoms with Gasteiger partial charge in [0.15, 0.2) is 5.13 Å². The molecule has 1 aliphatic rings. The van der Waals surface area contributed by atoms with Gasteiger partial charge in [0, 0.05) is 29.6 Å². The fraction of sp³-hybridized carbons (Fsp3) is 0.429. The number of aromatic nitrogens is 1. The first-order valence-electron chi connectivity index (χ1n) is 9.88. The molecule has 1 aromatic heterocycles. The van der Waals surface area contributed by atoms with Gasteiger partial charge < -0.3 is 20.1 Å². The van der Waals surface area contributed by atoms with Crippen LogP contribution in [-0.4, -0.2) is 35.9 Å². The molecule has 2 amide bonds. The van der Waals surface area contributed by atoms with Gasteiger partial charge in [-0.3, -0.25) is 14.4 Å². The number of carbonyl (C=O) groups excluding carboxylic acids is 3. The monoisotopic (exact) mass is 431 g/mol. The topological polar surface area (TPSA) is 107 Å². The van der Waals surface area contributed by atoms with E-state index in [0.717, 1.165) is 25.7 Å². The van der Waals surface area contributed by atoms with Crippen molar-refractivity contribution in [1.29, 1.82) is 0 Å².